The summed E-state index contributed by atoms with van der Waals surface area (Å²) in [6.45, 7) is 6.34. The van der Waals surface area contributed by atoms with Crippen LogP contribution in [0.1, 0.15) is 17.3 Å². The first-order valence-electron chi connectivity index (χ1n) is 8.22. The standard InChI is InChI=1S/C17H23ClN4O2/c1-23-13-16-19-17(24-20-16)12-22-10-8-21(9-11-22)7-6-14-2-4-15(18)5-3-14/h2-5H,6-13H2,1H3. The van der Waals surface area contributed by atoms with Gasteiger partial charge in [-0.2, -0.15) is 4.98 Å². The van der Waals surface area contributed by atoms with Crippen molar-refractivity contribution in [3.05, 3.63) is 46.6 Å². The molecular weight excluding hydrogens is 328 g/mol. The van der Waals surface area contributed by atoms with Gasteiger partial charge in [0.25, 0.3) is 0 Å². The van der Waals surface area contributed by atoms with E-state index in [4.69, 9.17) is 20.9 Å². The molecule has 0 aliphatic carbocycles. The maximum atomic E-state index is 5.92. The first-order valence-corrected chi connectivity index (χ1v) is 8.60. The summed E-state index contributed by atoms with van der Waals surface area (Å²) < 4.78 is 10.3. The number of rotatable bonds is 7. The maximum absolute atomic E-state index is 5.92. The van der Waals surface area contributed by atoms with Crippen LogP contribution in [0.25, 0.3) is 0 Å². The predicted octanol–water partition coefficient (Wildman–Crippen LogP) is 2.23. The fourth-order valence-electron chi connectivity index (χ4n) is 2.84. The SMILES string of the molecule is COCc1noc(CN2CCN(CCc3ccc(Cl)cc3)CC2)n1. The fourth-order valence-corrected chi connectivity index (χ4v) is 2.97. The fraction of sp³-hybridized carbons (Fsp3) is 0.529. The summed E-state index contributed by atoms with van der Waals surface area (Å²) >= 11 is 5.92. The van der Waals surface area contributed by atoms with E-state index >= 15 is 0 Å². The minimum atomic E-state index is 0.391. The number of ether oxygens (including phenoxy) is 1. The van der Waals surface area contributed by atoms with Crippen molar-refractivity contribution in [3.63, 3.8) is 0 Å². The number of halogens is 1. The number of benzene rings is 1. The van der Waals surface area contributed by atoms with Gasteiger partial charge in [0.2, 0.25) is 5.89 Å². The van der Waals surface area contributed by atoms with Crippen molar-refractivity contribution in [2.24, 2.45) is 0 Å². The summed E-state index contributed by atoms with van der Waals surface area (Å²) in [6, 6.07) is 8.12. The lowest BCUT2D eigenvalue weighted by Crippen LogP contribution is -2.46. The van der Waals surface area contributed by atoms with Gasteiger partial charge in [-0.25, -0.2) is 0 Å². The van der Waals surface area contributed by atoms with Gasteiger partial charge in [0.05, 0.1) is 6.54 Å². The van der Waals surface area contributed by atoms with Gasteiger partial charge >= 0.3 is 0 Å². The van der Waals surface area contributed by atoms with Crippen molar-refractivity contribution in [3.8, 4) is 0 Å². The molecule has 0 saturated carbocycles. The molecule has 2 aromatic rings. The quantitative estimate of drug-likeness (QED) is 0.763. The highest BCUT2D eigenvalue weighted by molar-refractivity contribution is 6.30. The van der Waals surface area contributed by atoms with E-state index < -0.39 is 0 Å². The Hall–Kier alpha value is -1.47. The lowest BCUT2D eigenvalue weighted by molar-refractivity contribution is 0.117. The van der Waals surface area contributed by atoms with Gasteiger partial charge in [-0.15, -0.1) is 0 Å². The van der Waals surface area contributed by atoms with E-state index in [9.17, 15) is 0 Å². The number of hydrogen-bond donors (Lipinski definition) is 0. The molecule has 0 spiro atoms. The second kappa shape index (κ2) is 8.58. The molecule has 3 rings (SSSR count). The van der Waals surface area contributed by atoms with Crippen LogP contribution >= 0.6 is 11.6 Å². The molecular formula is C17H23ClN4O2. The van der Waals surface area contributed by atoms with Crippen LogP contribution in [0.5, 0.6) is 0 Å². The predicted molar refractivity (Wildman–Crippen MR) is 91.9 cm³/mol. The van der Waals surface area contributed by atoms with Crippen molar-refractivity contribution in [1.29, 1.82) is 0 Å². The average molecular weight is 351 g/mol. The van der Waals surface area contributed by atoms with E-state index in [1.165, 1.54) is 5.56 Å². The zero-order chi connectivity index (χ0) is 16.8. The molecule has 2 heterocycles. The van der Waals surface area contributed by atoms with E-state index in [-0.39, 0.29) is 0 Å². The van der Waals surface area contributed by atoms with Gasteiger partial charge in [0.1, 0.15) is 6.61 Å². The van der Waals surface area contributed by atoms with Crippen molar-refractivity contribution in [1.82, 2.24) is 19.9 Å². The monoisotopic (exact) mass is 350 g/mol. The third-order valence-electron chi connectivity index (χ3n) is 4.24. The van der Waals surface area contributed by atoms with E-state index in [2.05, 4.69) is 32.1 Å². The molecule has 1 aromatic heterocycles. The number of methoxy groups -OCH3 is 1. The lowest BCUT2D eigenvalue weighted by Gasteiger charge is -2.33. The van der Waals surface area contributed by atoms with Crippen LogP contribution in [-0.4, -0.2) is 59.8 Å². The third kappa shape index (κ3) is 5.01. The van der Waals surface area contributed by atoms with Crippen LogP contribution in [0.4, 0.5) is 0 Å². The molecule has 7 heteroatoms. The Morgan fingerprint density at radius 3 is 2.54 bits per heavy atom. The Morgan fingerprint density at radius 1 is 1.12 bits per heavy atom. The Bertz CT molecular complexity index is 624. The molecule has 24 heavy (non-hydrogen) atoms. The molecule has 1 aromatic carbocycles. The van der Waals surface area contributed by atoms with E-state index in [1.54, 1.807) is 7.11 Å². The second-order valence-electron chi connectivity index (χ2n) is 6.03. The zero-order valence-electron chi connectivity index (χ0n) is 13.9. The molecule has 0 unspecified atom stereocenters. The van der Waals surface area contributed by atoms with E-state index in [0.717, 1.165) is 44.2 Å². The van der Waals surface area contributed by atoms with Gasteiger partial charge in [-0.3, -0.25) is 4.90 Å². The number of hydrogen-bond acceptors (Lipinski definition) is 6. The highest BCUT2D eigenvalue weighted by Gasteiger charge is 2.19. The van der Waals surface area contributed by atoms with Crippen LogP contribution in [-0.2, 0) is 24.3 Å². The highest BCUT2D eigenvalue weighted by atomic mass is 35.5. The van der Waals surface area contributed by atoms with Crippen LogP contribution < -0.4 is 0 Å². The van der Waals surface area contributed by atoms with Gasteiger partial charge in [0.15, 0.2) is 5.82 Å². The smallest absolute Gasteiger partial charge is 0.240 e. The molecule has 6 nitrogen and oxygen atoms in total. The molecule has 130 valence electrons. The maximum Gasteiger partial charge on any atom is 0.240 e. The molecule has 0 bridgehead atoms. The summed E-state index contributed by atoms with van der Waals surface area (Å²) in [5.41, 5.74) is 1.33. The van der Waals surface area contributed by atoms with Crippen molar-refractivity contribution < 1.29 is 9.26 Å². The minimum Gasteiger partial charge on any atom is -0.377 e. The molecule has 0 N–H and O–H groups in total. The average Bonchev–Trinajstić information content (AvgIpc) is 3.03. The molecule has 0 atom stereocenters. The summed E-state index contributed by atoms with van der Waals surface area (Å²) in [4.78, 5) is 9.17. The Balaban J connectivity index is 1.39. The Morgan fingerprint density at radius 2 is 1.83 bits per heavy atom. The van der Waals surface area contributed by atoms with Crippen LogP contribution in [0.2, 0.25) is 5.02 Å². The number of aromatic nitrogens is 2. The molecule has 1 fully saturated rings. The topological polar surface area (TPSA) is 54.6 Å². The lowest BCUT2D eigenvalue weighted by atomic mass is 10.1. The molecule has 1 aliphatic heterocycles. The summed E-state index contributed by atoms with van der Waals surface area (Å²) in [5.74, 6) is 1.27. The van der Waals surface area contributed by atoms with Crippen LogP contribution in [0, 0.1) is 0 Å². The zero-order valence-corrected chi connectivity index (χ0v) is 14.7. The molecule has 1 aliphatic rings. The molecule has 1 saturated heterocycles. The van der Waals surface area contributed by atoms with E-state index in [1.807, 2.05) is 12.1 Å². The Labute approximate surface area is 147 Å². The number of piperazine rings is 1. The normalized spacial score (nSPS) is 16.6. The summed E-state index contributed by atoms with van der Waals surface area (Å²) in [7, 11) is 1.62. The first kappa shape index (κ1) is 17.4. The van der Waals surface area contributed by atoms with Crippen molar-refractivity contribution in [2.45, 2.75) is 19.6 Å². The molecule has 0 radical (unpaired) electrons. The highest BCUT2D eigenvalue weighted by Crippen LogP contribution is 2.12. The number of nitrogens with zero attached hydrogens (tertiary/aromatic N) is 4. The van der Waals surface area contributed by atoms with Crippen molar-refractivity contribution >= 4 is 11.6 Å². The van der Waals surface area contributed by atoms with Gasteiger partial charge in [0, 0.05) is 44.9 Å². The molecule has 0 amide bonds. The summed E-state index contributed by atoms with van der Waals surface area (Å²) in [5, 5.41) is 4.69. The third-order valence-corrected chi connectivity index (χ3v) is 4.49. The Kier molecular flexibility index (Phi) is 6.20. The largest absolute Gasteiger partial charge is 0.377 e. The van der Waals surface area contributed by atoms with Gasteiger partial charge < -0.3 is 14.2 Å². The van der Waals surface area contributed by atoms with Crippen LogP contribution in [0.3, 0.4) is 0 Å². The van der Waals surface area contributed by atoms with Gasteiger partial charge in [-0.05, 0) is 24.1 Å². The van der Waals surface area contributed by atoms with E-state index in [0.29, 0.717) is 24.9 Å². The minimum absolute atomic E-state index is 0.391. The van der Waals surface area contributed by atoms with Crippen molar-refractivity contribution in [2.75, 3.05) is 39.8 Å². The van der Waals surface area contributed by atoms with Crippen LogP contribution in [0.15, 0.2) is 28.8 Å². The second-order valence-corrected chi connectivity index (χ2v) is 6.47. The first-order chi connectivity index (χ1) is 11.7. The summed E-state index contributed by atoms with van der Waals surface area (Å²) in [6.07, 6.45) is 1.06. The van der Waals surface area contributed by atoms with Gasteiger partial charge in [-0.1, -0.05) is 28.9 Å².